The van der Waals surface area contributed by atoms with Crippen molar-refractivity contribution in [1.82, 2.24) is 4.98 Å². The molecule has 0 saturated heterocycles. The van der Waals surface area contributed by atoms with Gasteiger partial charge in [-0.25, -0.2) is 0 Å². The van der Waals surface area contributed by atoms with E-state index in [2.05, 4.69) is 151 Å². The molecule has 0 saturated carbocycles. The van der Waals surface area contributed by atoms with Crippen LogP contribution in [0.15, 0.2) is 157 Å². The molecule has 1 aliphatic heterocycles. The Bertz CT molecular complexity index is 1750. The average molecular weight is 639 g/mol. The standard InChI is InChI=1S/C38H31N2P2.Co/c1-5-13-33(14-6-1)41(34-15-7-2-8-16-34)27-31-25-23-29-21-22-30-24-26-32(40-38(30)37(29)39-31)28-42(35-17-9-3-10-18-35)36-19-11-4-12-20-36;/h1-23,25,28H,24,26-27H2;/q-1;/p+2/b32-28-;. The number of aryl methyl sites for hydroxylation is 1. The molecule has 1 radical (unpaired) electrons. The van der Waals surface area contributed by atoms with E-state index in [1.165, 1.54) is 32.5 Å². The summed E-state index contributed by atoms with van der Waals surface area (Å²) in [6, 6.07) is 52.7. The zero-order valence-electron chi connectivity index (χ0n) is 23.8. The van der Waals surface area contributed by atoms with Crippen molar-refractivity contribution in [2.24, 2.45) is 0 Å². The molecule has 5 aromatic carbocycles. The second kappa shape index (κ2) is 13.8. The third kappa shape index (κ3) is 6.67. The molecule has 0 fully saturated rings. The first-order chi connectivity index (χ1) is 20.8. The molecule has 6 aromatic rings. The molecule has 1 aromatic heterocycles. The molecule has 0 N–H and O–H groups in total. The Kier molecular flexibility index (Phi) is 9.47. The summed E-state index contributed by atoms with van der Waals surface area (Å²) in [6.07, 6.45) is 2.89. The Morgan fingerprint density at radius 1 is 0.581 bits per heavy atom. The normalized spacial score (nSPS) is 13.5. The number of allylic oxidation sites excluding steroid dienone is 1. The van der Waals surface area contributed by atoms with Gasteiger partial charge in [-0.3, -0.25) is 4.98 Å². The van der Waals surface area contributed by atoms with Crippen molar-refractivity contribution in [3.8, 4) is 0 Å². The monoisotopic (exact) mass is 638 g/mol. The Morgan fingerprint density at radius 2 is 1.09 bits per heavy atom. The van der Waals surface area contributed by atoms with Crippen molar-refractivity contribution in [3.63, 3.8) is 0 Å². The molecular formula is C38H33CoN2P2+. The van der Waals surface area contributed by atoms with Gasteiger partial charge in [-0.1, -0.05) is 96.6 Å². The van der Waals surface area contributed by atoms with Crippen LogP contribution >= 0.6 is 15.8 Å². The van der Waals surface area contributed by atoms with E-state index in [0.717, 1.165) is 41.3 Å². The van der Waals surface area contributed by atoms with Gasteiger partial charge in [0.2, 0.25) is 0 Å². The number of nitrogens with zero attached hydrogens (tertiary/aromatic N) is 2. The molecule has 5 heteroatoms. The molecule has 0 bridgehead atoms. The number of aromatic nitrogens is 1. The second-order valence-corrected chi connectivity index (χ2v) is 15.5. The quantitative estimate of drug-likeness (QED) is 0.162. The van der Waals surface area contributed by atoms with E-state index < -0.39 is 15.8 Å². The summed E-state index contributed by atoms with van der Waals surface area (Å²) in [5.74, 6) is 2.47. The van der Waals surface area contributed by atoms with Crippen molar-refractivity contribution in [2.75, 3.05) is 0 Å². The fourth-order valence-electron chi connectivity index (χ4n) is 5.81. The molecule has 213 valence electrons. The third-order valence-electron chi connectivity index (χ3n) is 7.97. The van der Waals surface area contributed by atoms with Crippen LogP contribution in [0.5, 0.6) is 0 Å². The maximum Gasteiger partial charge on any atom is 0.108 e. The minimum Gasteiger partial charge on any atom is -0.657 e. The van der Waals surface area contributed by atoms with Gasteiger partial charge in [0.05, 0.1) is 37.7 Å². The molecule has 0 atom stereocenters. The van der Waals surface area contributed by atoms with Crippen LogP contribution in [-0.4, -0.2) is 4.98 Å². The van der Waals surface area contributed by atoms with Crippen LogP contribution in [0.3, 0.4) is 0 Å². The predicted molar refractivity (Wildman–Crippen MR) is 186 cm³/mol. The summed E-state index contributed by atoms with van der Waals surface area (Å²) in [7, 11) is -2.14. The van der Waals surface area contributed by atoms with Gasteiger partial charge in [0.15, 0.2) is 0 Å². The molecule has 2 heterocycles. The van der Waals surface area contributed by atoms with Crippen LogP contribution in [0.1, 0.15) is 17.7 Å². The fraction of sp³-hybridized carbons (Fsp3) is 0.0789. The first kappa shape index (κ1) is 29.5. The van der Waals surface area contributed by atoms with Gasteiger partial charge in [-0.2, -0.15) is 0 Å². The first-order valence-electron chi connectivity index (χ1n) is 14.6. The van der Waals surface area contributed by atoms with Crippen LogP contribution in [0.25, 0.3) is 16.2 Å². The number of hydrogen-bond donors (Lipinski definition) is 0. The van der Waals surface area contributed by atoms with Gasteiger partial charge in [0.1, 0.15) is 16.8 Å². The van der Waals surface area contributed by atoms with Crippen LogP contribution in [0, 0.1) is 0 Å². The average Bonchev–Trinajstić information content (AvgIpc) is 3.07. The van der Waals surface area contributed by atoms with E-state index in [0.29, 0.717) is 0 Å². The van der Waals surface area contributed by atoms with E-state index in [1.807, 2.05) is 0 Å². The number of rotatable bonds is 7. The van der Waals surface area contributed by atoms with Gasteiger partial charge in [-0.15, -0.1) is 11.4 Å². The van der Waals surface area contributed by atoms with Crippen molar-refractivity contribution < 1.29 is 16.8 Å². The van der Waals surface area contributed by atoms with Crippen LogP contribution < -0.4 is 21.2 Å². The van der Waals surface area contributed by atoms with E-state index in [9.17, 15) is 0 Å². The van der Waals surface area contributed by atoms with E-state index in [1.54, 1.807) is 0 Å². The molecule has 1 aliphatic rings. The van der Waals surface area contributed by atoms with Crippen molar-refractivity contribution in [1.29, 1.82) is 0 Å². The Labute approximate surface area is 267 Å². The Morgan fingerprint density at radius 3 is 1.65 bits per heavy atom. The largest absolute Gasteiger partial charge is 0.657 e. The van der Waals surface area contributed by atoms with E-state index >= 15 is 0 Å². The molecule has 7 rings (SSSR count). The van der Waals surface area contributed by atoms with E-state index in [-0.39, 0.29) is 16.8 Å². The maximum absolute atomic E-state index is 5.33. The minimum absolute atomic E-state index is 0. The Hall–Kier alpha value is -3.58. The minimum atomic E-state index is -1.11. The Balaban J connectivity index is 0.00000329. The summed E-state index contributed by atoms with van der Waals surface area (Å²) >= 11 is 0. The third-order valence-corrected chi connectivity index (χ3v) is 13.3. The van der Waals surface area contributed by atoms with Crippen molar-refractivity contribution >= 4 is 53.7 Å². The summed E-state index contributed by atoms with van der Waals surface area (Å²) in [5.41, 5.74) is 5.71. The van der Waals surface area contributed by atoms with Crippen molar-refractivity contribution in [3.05, 3.63) is 174 Å². The first-order valence-corrected chi connectivity index (χ1v) is 17.9. The summed E-state index contributed by atoms with van der Waals surface area (Å²) in [6.45, 7) is 0. The van der Waals surface area contributed by atoms with E-state index in [4.69, 9.17) is 10.3 Å². The molecule has 0 aliphatic carbocycles. The van der Waals surface area contributed by atoms with Gasteiger partial charge in [-0.05, 0) is 72.8 Å². The summed E-state index contributed by atoms with van der Waals surface area (Å²) < 4.78 is 0. The second-order valence-electron chi connectivity index (χ2n) is 10.7. The number of fused-ring (bicyclic) bond motifs is 3. The SMILES string of the molecule is C(=C1\CCc2ccc3ccc(C[PH+](c4ccccc4)c4ccccc4)nc3c2[N-]1)/[PH+](c1ccccc1)c1ccccc1.[Co]. The maximum atomic E-state index is 5.33. The van der Waals surface area contributed by atoms with Crippen molar-refractivity contribution in [2.45, 2.75) is 19.0 Å². The van der Waals surface area contributed by atoms with Gasteiger partial charge in [0, 0.05) is 22.6 Å². The molecule has 43 heavy (non-hydrogen) atoms. The van der Waals surface area contributed by atoms with Crippen LogP contribution in [0.4, 0.5) is 5.69 Å². The molecular weight excluding hydrogens is 605 g/mol. The van der Waals surface area contributed by atoms with Crippen LogP contribution in [0.2, 0.25) is 0 Å². The zero-order valence-corrected chi connectivity index (χ0v) is 26.8. The van der Waals surface area contributed by atoms with Gasteiger partial charge in [0.25, 0.3) is 0 Å². The molecule has 0 amide bonds. The number of hydrogen-bond acceptors (Lipinski definition) is 1. The fourth-order valence-corrected chi connectivity index (χ4v) is 10.6. The molecule has 0 spiro atoms. The predicted octanol–water partition coefficient (Wildman–Crippen LogP) is 8.26. The number of benzene rings is 5. The summed E-state index contributed by atoms with van der Waals surface area (Å²) in [4.78, 5) is 5.32. The zero-order chi connectivity index (χ0) is 28.1. The smallest absolute Gasteiger partial charge is 0.108 e. The molecule has 0 unspecified atom stereocenters. The number of pyridine rings is 1. The summed E-state index contributed by atoms with van der Waals surface area (Å²) in [5, 5.41) is 12.1. The topological polar surface area (TPSA) is 27.0 Å². The van der Waals surface area contributed by atoms with Gasteiger partial charge >= 0.3 is 0 Å². The van der Waals surface area contributed by atoms with Crippen LogP contribution in [-0.2, 0) is 29.4 Å². The van der Waals surface area contributed by atoms with Gasteiger partial charge < -0.3 is 5.32 Å². The molecule has 2 nitrogen and oxygen atoms in total.